The van der Waals surface area contributed by atoms with Crippen molar-refractivity contribution < 1.29 is 0 Å². The highest BCUT2D eigenvalue weighted by atomic mass is 15.5. The zero-order valence-corrected chi connectivity index (χ0v) is 15.4. The molecule has 0 spiro atoms. The predicted molar refractivity (Wildman–Crippen MR) is 95.6 cm³/mol. The van der Waals surface area contributed by atoms with Gasteiger partial charge in [-0.3, -0.25) is 9.58 Å². The zero-order chi connectivity index (χ0) is 19.0. The summed E-state index contributed by atoms with van der Waals surface area (Å²) in [7, 11) is 1.90. The lowest BCUT2D eigenvalue weighted by Gasteiger charge is -2.25. The Morgan fingerprint density at radius 1 is 1.15 bits per heavy atom. The van der Waals surface area contributed by atoms with Crippen molar-refractivity contribution >= 4 is 11.5 Å². The topological polar surface area (TPSA) is 115 Å². The van der Waals surface area contributed by atoms with Gasteiger partial charge in [0.05, 0.1) is 0 Å². The van der Waals surface area contributed by atoms with E-state index in [1.165, 1.54) is 23.9 Å². The van der Waals surface area contributed by atoms with Crippen LogP contribution < -0.4 is 4.90 Å². The second kappa shape index (κ2) is 6.72. The first kappa shape index (κ1) is 17.0. The van der Waals surface area contributed by atoms with E-state index in [-0.39, 0.29) is 6.17 Å². The molecule has 4 rings (SSSR count). The van der Waals surface area contributed by atoms with Crippen LogP contribution in [0, 0.1) is 22.8 Å². The molecule has 2 aromatic heterocycles. The highest BCUT2D eigenvalue weighted by Gasteiger charge is 2.27. The van der Waals surface area contributed by atoms with E-state index < -0.39 is 0 Å². The van der Waals surface area contributed by atoms with Gasteiger partial charge in [0, 0.05) is 39.2 Å². The Bertz CT molecular complexity index is 963. The lowest BCUT2D eigenvalue weighted by molar-refractivity contribution is 0.276. The molecule has 0 amide bonds. The fourth-order valence-corrected chi connectivity index (χ4v) is 3.43. The summed E-state index contributed by atoms with van der Waals surface area (Å²) >= 11 is 0. The monoisotopic (exact) mass is 364 g/mol. The van der Waals surface area contributed by atoms with Crippen molar-refractivity contribution in [3.63, 3.8) is 0 Å². The molecule has 1 fully saturated rings. The van der Waals surface area contributed by atoms with Gasteiger partial charge in [0.1, 0.15) is 23.6 Å². The van der Waals surface area contributed by atoms with E-state index in [9.17, 15) is 10.5 Å². The van der Waals surface area contributed by atoms with Gasteiger partial charge in [-0.1, -0.05) is 0 Å². The molecule has 0 aromatic carbocycles. The average molecular weight is 364 g/mol. The van der Waals surface area contributed by atoms with Crippen LogP contribution in [0.25, 0.3) is 5.57 Å². The lowest BCUT2D eigenvalue weighted by Crippen LogP contribution is -2.28. The third kappa shape index (κ3) is 2.99. The van der Waals surface area contributed by atoms with Crippen molar-refractivity contribution in [2.24, 2.45) is 7.05 Å². The number of anilines is 1. The Morgan fingerprint density at radius 3 is 2.63 bits per heavy atom. The fraction of sp³-hybridized carbons (Fsp3) is 0.529. The van der Waals surface area contributed by atoms with Crippen molar-refractivity contribution in [1.82, 2.24) is 34.4 Å². The summed E-state index contributed by atoms with van der Waals surface area (Å²) in [4.78, 5) is 12.8. The van der Waals surface area contributed by atoms with Crippen LogP contribution >= 0.6 is 0 Å². The van der Waals surface area contributed by atoms with Crippen LogP contribution in [0.3, 0.4) is 0 Å². The Balaban J connectivity index is 1.52. The number of allylic oxidation sites excluding steroid dienone is 1. The number of aromatic nitrogens is 6. The molecule has 2 aliphatic rings. The van der Waals surface area contributed by atoms with Crippen LogP contribution in [-0.2, 0) is 19.9 Å². The molecule has 1 saturated heterocycles. The van der Waals surface area contributed by atoms with E-state index in [1.807, 2.05) is 18.7 Å². The maximum Gasteiger partial charge on any atom is 0.244 e. The number of hydrogen-bond acceptors (Lipinski definition) is 8. The molecule has 0 N–H and O–H groups in total. The van der Waals surface area contributed by atoms with Gasteiger partial charge in [-0.05, 0) is 19.8 Å². The first-order valence-corrected chi connectivity index (χ1v) is 9.01. The van der Waals surface area contributed by atoms with Crippen molar-refractivity contribution in [3.8, 4) is 12.3 Å². The molecular formula is C17H20N10. The number of fused-ring (bicyclic) bond motifs is 1. The molecule has 2 aromatic rings. The molecule has 27 heavy (non-hydrogen) atoms. The SMILES string of the molecule is CC1N(C#N)C=C(C#N)c2nc(CCc3nc(N4CCCC4)nn3C)nn21. The molecule has 1 atom stereocenters. The average Bonchev–Trinajstić information content (AvgIpc) is 3.40. The maximum absolute atomic E-state index is 9.34. The zero-order valence-electron chi connectivity index (χ0n) is 15.4. The molecule has 0 aliphatic carbocycles. The predicted octanol–water partition coefficient (Wildman–Crippen LogP) is 0.972. The fourth-order valence-electron chi connectivity index (χ4n) is 3.43. The van der Waals surface area contributed by atoms with Crippen LogP contribution in [0.5, 0.6) is 0 Å². The normalized spacial score (nSPS) is 18.8. The summed E-state index contributed by atoms with van der Waals surface area (Å²) in [5, 5.41) is 27.6. The highest BCUT2D eigenvalue weighted by molar-refractivity contribution is 5.73. The first-order chi connectivity index (χ1) is 13.1. The molecule has 10 heteroatoms. The third-order valence-corrected chi connectivity index (χ3v) is 4.98. The van der Waals surface area contributed by atoms with Gasteiger partial charge in [-0.15, -0.1) is 5.10 Å². The van der Waals surface area contributed by atoms with Crippen LogP contribution in [0.2, 0.25) is 0 Å². The van der Waals surface area contributed by atoms with Gasteiger partial charge in [0.15, 0.2) is 17.8 Å². The summed E-state index contributed by atoms with van der Waals surface area (Å²) in [5.41, 5.74) is 0.336. The van der Waals surface area contributed by atoms with Gasteiger partial charge >= 0.3 is 0 Å². The largest absolute Gasteiger partial charge is 0.340 e. The highest BCUT2D eigenvalue weighted by Crippen LogP contribution is 2.26. The van der Waals surface area contributed by atoms with Crippen LogP contribution in [0.15, 0.2) is 6.20 Å². The van der Waals surface area contributed by atoms with Crippen molar-refractivity contribution in [3.05, 3.63) is 23.7 Å². The first-order valence-electron chi connectivity index (χ1n) is 9.01. The van der Waals surface area contributed by atoms with Crippen LogP contribution in [0.4, 0.5) is 5.95 Å². The van der Waals surface area contributed by atoms with Gasteiger partial charge in [0.25, 0.3) is 0 Å². The third-order valence-electron chi connectivity index (χ3n) is 4.98. The number of nitrogens with zero attached hydrogens (tertiary/aromatic N) is 10. The molecule has 138 valence electrons. The summed E-state index contributed by atoms with van der Waals surface area (Å²) in [6.45, 7) is 3.87. The van der Waals surface area contributed by atoms with Crippen LogP contribution in [-0.4, -0.2) is 47.5 Å². The van der Waals surface area contributed by atoms with E-state index in [2.05, 4.69) is 37.3 Å². The van der Waals surface area contributed by atoms with E-state index in [0.717, 1.165) is 24.9 Å². The molecule has 0 bridgehead atoms. The van der Waals surface area contributed by atoms with Crippen molar-refractivity contribution in [1.29, 1.82) is 10.5 Å². The minimum absolute atomic E-state index is 0.306. The van der Waals surface area contributed by atoms with Gasteiger partial charge < -0.3 is 4.90 Å². The summed E-state index contributed by atoms with van der Waals surface area (Å²) in [5.74, 6) is 2.80. The van der Waals surface area contributed by atoms with Crippen LogP contribution in [0.1, 0.15) is 43.4 Å². The van der Waals surface area contributed by atoms with Gasteiger partial charge in [-0.25, -0.2) is 9.67 Å². The number of hydrogen-bond donors (Lipinski definition) is 0. The molecule has 0 saturated carbocycles. The lowest BCUT2D eigenvalue weighted by atomic mass is 10.2. The standard InChI is InChI=1S/C17H20N10/c1-12-26(11-19)10-13(9-18)16-20-14(22-27(12)16)5-6-15-21-17(23-24(15)2)25-7-3-4-8-25/h10,12H,3-8H2,1-2H3. The summed E-state index contributed by atoms with van der Waals surface area (Å²) < 4.78 is 3.44. The van der Waals surface area contributed by atoms with Gasteiger partial charge in [0.2, 0.25) is 5.95 Å². The Morgan fingerprint density at radius 2 is 1.93 bits per heavy atom. The molecule has 1 unspecified atom stereocenters. The molecule has 0 radical (unpaired) electrons. The smallest absolute Gasteiger partial charge is 0.244 e. The van der Waals surface area contributed by atoms with E-state index in [4.69, 9.17) is 0 Å². The molecule has 4 heterocycles. The molecular weight excluding hydrogens is 344 g/mol. The minimum atomic E-state index is -0.306. The number of rotatable bonds is 4. The molecule has 2 aliphatic heterocycles. The molecule has 10 nitrogen and oxygen atoms in total. The van der Waals surface area contributed by atoms with Gasteiger partial charge in [-0.2, -0.15) is 20.6 Å². The second-order valence-corrected chi connectivity index (χ2v) is 6.74. The second-order valence-electron chi connectivity index (χ2n) is 6.74. The summed E-state index contributed by atoms with van der Waals surface area (Å²) in [6, 6.07) is 2.09. The Labute approximate surface area is 156 Å². The summed E-state index contributed by atoms with van der Waals surface area (Å²) in [6.07, 6.45) is 6.88. The maximum atomic E-state index is 9.34. The van der Waals surface area contributed by atoms with E-state index >= 15 is 0 Å². The van der Waals surface area contributed by atoms with E-state index in [0.29, 0.717) is 30.1 Å². The minimum Gasteiger partial charge on any atom is -0.340 e. The number of nitriles is 2. The van der Waals surface area contributed by atoms with Crippen molar-refractivity contribution in [2.75, 3.05) is 18.0 Å². The van der Waals surface area contributed by atoms with E-state index in [1.54, 1.807) is 4.68 Å². The quantitative estimate of drug-likeness (QED) is 0.737. The van der Waals surface area contributed by atoms with Crippen molar-refractivity contribution in [2.45, 2.75) is 38.8 Å². The Hall–Kier alpha value is -3.40. The Kier molecular flexibility index (Phi) is 4.24. The number of aryl methyl sites for hydroxylation is 3.